The zero-order valence-electron chi connectivity index (χ0n) is 17.0. The zero-order chi connectivity index (χ0) is 19.4. The van der Waals surface area contributed by atoms with Crippen molar-refractivity contribution in [2.45, 2.75) is 38.1 Å². The molecule has 2 fully saturated rings. The topological polar surface area (TPSA) is 56.8 Å². The Morgan fingerprint density at radius 1 is 1.04 bits per heavy atom. The SMILES string of the molecule is COc1cc(C(=O)NCC2CCC[N+]3(C)CCCCC23)cc(OC)c1OC. The molecule has 2 saturated heterocycles. The van der Waals surface area contributed by atoms with E-state index in [4.69, 9.17) is 14.2 Å². The van der Waals surface area contributed by atoms with Gasteiger partial charge in [-0.05, 0) is 44.2 Å². The van der Waals surface area contributed by atoms with E-state index in [1.54, 1.807) is 33.5 Å². The highest BCUT2D eigenvalue weighted by Crippen LogP contribution is 2.38. The summed E-state index contributed by atoms with van der Waals surface area (Å²) < 4.78 is 17.2. The summed E-state index contributed by atoms with van der Waals surface area (Å²) in [4.78, 5) is 12.8. The molecule has 6 heteroatoms. The summed E-state index contributed by atoms with van der Waals surface area (Å²) in [5, 5.41) is 3.16. The highest BCUT2D eigenvalue weighted by molar-refractivity contribution is 5.95. The molecule has 2 heterocycles. The summed E-state index contributed by atoms with van der Waals surface area (Å²) in [6.45, 7) is 3.29. The van der Waals surface area contributed by atoms with Crippen molar-refractivity contribution in [1.29, 1.82) is 0 Å². The molecular formula is C21H33N2O4+. The van der Waals surface area contributed by atoms with Gasteiger partial charge in [0.1, 0.15) is 0 Å². The van der Waals surface area contributed by atoms with Crippen molar-refractivity contribution >= 4 is 5.91 Å². The number of ether oxygens (including phenoxy) is 3. The fourth-order valence-corrected chi connectivity index (χ4v) is 5.01. The van der Waals surface area contributed by atoms with E-state index >= 15 is 0 Å². The normalized spacial score (nSPS) is 27.4. The number of benzene rings is 1. The molecule has 150 valence electrons. The third-order valence-electron chi connectivity index (χ3n) is 6.46. The highest BCUT2D eigenvalue weighted by atomic mass is 16.5. The number of amides is 1. The average molecular weight is 378 g/mol. The van der Waals surface area contributed by atoms with Crippen LogP contribution in [0.4, 0.5) is 0 Å². The molecule has 3 unspecified atom stereocenters. The quantitative estimate of drug-likeness (QED) is 0.775. The third kappa shape index (κ3) is 4.00. The number of hydrogen-bond acceptors (Lipinski definition) is 4. The summed E-state index contributed by atoms with van der Waals surface area (Å²) >= 11 is 0. The van der Waals surface area contributed by atoms with Crippen molar-refractivity contribution < 1.29 is 23.5 Å². The molecular weight excluding hydrogens is 344 g/mol. The van der Waals surface area contributed by atoms with Crippen LogP contribution in [0.25, 0.3) is 0 Å². The number of quaternary nitrogens is 1. The van der Waals surface area contributed by atoms with Gasteiger partial charge in [-0.2, -0.15) is 0 Å². The van der Waals surface area contributed by atoms with Gasteiger partial charge < -0.3 is 24.0 Å². The minimum atomic E-state index is -0.0927. The Morgan fingerprint density at radius 2 is 1.70 bits per heavy atom. The maximum atomic E-state index is 12.8. The lowest BCUT2D eigenvalue weighted by Crippen LogP contribution is -2.62. The summed E-state index contributed by atoms with van der Waals surface area (Å²) in [6.07, 6.45) is 6.38. The van der Waals surface area contributed by atoms with Crippen molar-refractivity contribution in [1.82, 2.24) is 5.32 Å². The molecule has 2 aliphatic heterocycles. The Hall–Kier alpha value is -1.95. The minimum absolute atomic E-state index is 0.0927. The van der Waals surface area contributed by atoms with Crippen LogP contribution >= 0.6 is 0 Å². The Labute approximate surface area is 162 Å². The molecule has 6 nitrogen and oxygen atoms in total. The van der Waals surface area contributed by atoms with Gasteiger partial charge in [-0.15, -0.1) is 0 Å². The van der Waals surface area contributed by atoms with Crippen LogP contribution in [0.2, 0.25) is 0 Å². The van der Waals surface area contributed by atoms with E-state index in [0.717, 1.165) is 6.54 Å². The van der Waals surface area contributed by atoms with Crippen molar-refractivity contribution in [2.24, 2.45) is 5.92 Å². The van der Waals surface area contributed by atoms with Crippen molar-refractivity contribution in [2.75, 3.05) is 48.0 Å². The number of rotatable bonds is 6. The molecule has 1 N–H and O–H groups in total. The number of fused-ring (bicyclic) bond motifs is 1. The number of piperidine rings is 2. The molecule has 0 bridgehead atoms. The van der Waals surface area contributed by atoms with E-state index in [1.165, 1.54) is 49.7 Å². The van der Waals surface area contributed by atoms with Crippen molar-refractivity contribution in [3.63, 3.8) is 0 Å². The second-order valence-corrected chi connectivity index (χ2v) is 8.02. The van der Waals surface area contributed by atoms with E-state index < -0.39 is 0 Å². The van der Waals surface area contributed by atoms with Crippen LogP contribution in [0, 0.1) is 5.92 Å². The molecule has 3 rings (SSSR count). The predicted octanol–water partition coefficient (Wildman–Crippen LogP) is 2.85. The number of methoxy groups -OCH3 is 3. The van der Waals surface area contributed by atoms with Gasteiger partial charge in [0.2, 0.25) is 5.75 Å². The first-order valence-electron chi connectivity index (χ1n) is 9.95. The number of carbonyl (C=O) groups is 1. The Morgan fingerprint density at radius 3 is 2.33 bits per heavy atom. The lowest BCUT2D eigenvalue weighted by Gasteiger charge is -2.51. The van der Waals surface area contributed by atoms with E-state index in [1.807, 2.05) is 0 Å². The largest absolute Gasteiger partial charge is 0.493 e. The standard InChI is InChI=1S/C21H32N2O4/c1-23-10-6-5-9-17(23)15(8-7-11-23)14-22-21(24)16-12-18(25-2)20(27-4)19(13-16)26-3/h12-13,15,17H,5-11,14H2,1-4H3/p+1. The van der Waals surface area contributed by atoms with Gasteiger partial charge in [0.15, 0.2) is 11.5 Å². The predicted molar refractivity (Wildman–Crippen MR) is 105 cm³/mol. The molecule has 1 amide bonds. The molecule has 0 aliphatic carbocycles. The Kier molecular flexibility index (Phi) is 6.15. The first-order valence-corrected chi connectivity index (χ1v) is 9.95. The number of nitrogens with one attached hydrogen (secondary N) is 1. The fraction of sp³-hybridized carbons (Fsp3) is 0.667. The molecule has 0 radical (unpaired) electrons. The van der Waals surface area contributed by atoms with E-state index in [0.29, 0.717) is 34.8 Å². The monoisotopic (exact) mass is 377 g/mol. The molecule has 27 heavy (non-hydrogen) atoms. The number of nitrogens with zero attached hydrogens (tertiary/aromatic N) is 1. The Bertz CT molecular complexity index is 649. The lowest BCUT2D eigenvalue weighted by atomic mass is 9.81. The second-order valence-electron chi connectivity index (χ2n) is 8.02. The van der Waals surface area contributed by atoms with Crippen molar-refractivity contribution in [3.8, 4) is 17.2 Å². The molecule has 1 aromatic carbocycles. The van der Waals surface area contributed by atoms with E-state index in [-0.39, 0.29) is 5.91 Å². The van der Waals surface area contributed by atoms with Crippen LogP contribution in [-0.4, -0.2) is 64.4 Å². The molecule has 1 aromatic rings. The van der Waals surface area contributed by atoms with Gasteiger partial charge in [-0.3, -0.25) is 4.79 Å². The third-order valence-corrected chi connectivity index (χ3v) is 6.46. The van der Waals surface area contributed by atoms with Crippen molar-refractivity contribution in [3.05, 3.63) is 17.7 Å². The summed E-state index contributed by atoms with van der Waals surface area (Å²) in [7, 11) is 7.07. The van der Waals surface area contributed by atoms with Crippen LogP contribution in [0.3, 0.4) is 0 Å². The first kappa shape index (κ1) is 19.8. The van der Waals surface area contributed by atoms with E-state index in [9.17, 15) is 4.79 Å². The minimum Gasteiger partial charge on any atom is -0.493 e. The summed E-state index contributed by atoms with van der Waals surface area (Å²) in [6, 6.07) is 4.09. The van der Waals surface area contributed by atoms with Gasteiger partial charge in [0, 0.05) is 18.0 Å². The van der Waals surface area contributed by atoms with Gasteiger partial charge >= 0.3 is 0 Å². The van der Waals surface area contributed by atoms with Gasteiger partial charge in [-0.25, -0.2) is 0 Å². The maximum absolute atomic E-state index is 12.8. The molecule has 0 saturated carbocycles. The van der Waals surface area contributed by atoms with Crippen LogP contribution in [-0.2, 0) is 0 Å². The molecule has 2 aliphatic rings. The Balaban J connectivity index is 1.70. The lowest BCUT2D eigenvalue weighted by molar-refractivity contribution is -0.946. The molecule has 0 spiro atoms. The zero-order valence-corrected chi connectivity index (χ0v) is 17.0. The number of carbonyl (C=O) groups excluding carboxylic acids is 1. The highest BCUT2D eigenvalue weighted by Gasteiger charge is 2.43. The molecule has 3 atom stereocenters. The van der Waals surface area contributed by atoms with Gasteiger partial charge in [-0.1, -0.05) is 0 Å². The fourth-order valence-electron chi connectivity index (χ4n) is 5.01. The average Bonchev–Trinajstić information content (AvgIpc) is 2.70. The van der Waals surface area contributed by atoms with Crippen LogP contribution < -0.4 is 19.5 Å². The smallest absolute Gasteiger partial charge is 0.251 e. The summed E-state index contributed by atoms with van der Waals surface area (Å²) in [5.41, 5.74) is 0.529. The number of hydrogen-bond donors (Lipinski definition) is 1. The van der Waals surface area contributed by atoms with Crippen LogP contribution in [0.15, 0.2) is 12.1 Å². The second kappa shape index (κ2) is 8.38. The van der Waals surface area contributed by atoms with Gasteiger partial charge in [0.25, 0.3) is 5.91 Å². The summed E-state index contributed by atoms with van der Waals surface area (Å²) in [5.74, 6) is 1.95. The first-order chi connectivity index (χ1) is 13.0. The van der Waals surface area contributed by atoms with E-state index in [2.05, 4.69) is 12.4 Å². The molecule has 0 aromatic heterocycles. The maximum Gasteiger partial charge on any atom is 0.251 e. The van der Waals surface area contributed by atoms with Crippen LogP contribution in [0.5, 0.6) is 17.2 Å². The van der Waals surface area contributed by atoms with Crippen LogP contribution in [0.1, 0.15) is 42.5 Å². The van der Waals surface area contributed by atoms with Gasteiger partial charge in [0.05, 0.1) is 47.5 Å².